The summed E-state index contributed by atoms with van der Waals surface area (Å²) in [6, 6.07) is 20.9. The van der Waals surface area contributed by atoms with Gasteiger partial charge in [-0.1, -0.05) is 35.9 Å². The summed E-state index contributed by atoms with van der Waals surface area (Å²) in [5.41, 5.74) is 4.84. The third-order valence-electron chi connectivity index (χ3n) is 4.84. The number of nitrogens with zero attached hydrogens (tertiary/aromatic N) is 2. The van der Waals surface area contributed by atoms with Gasteiger partial charge < -0.3 is 10.1 Å². The standard InChI is InChI=1S/C26H19I2N3O2/c1-16-7-8-24(17(2)9-16)31-26(32)21(14-30)10-18-11-22(27)25(23(28)12-18)33-15-20-6-4-3-5-19(20)13-29/h3-12H,15H2,1-2H3,(H,31,32)/b21-10+. The third kappa shape index (κ3) is 6.34. The van der Waals surface area contributed by atoms with Crippen molar-refractivity contribution in [3.05, 3.63) is 95.1 Å². The first kappa shape index (κ1) is 24.7. The molecule has 3 aromatic rings. The van der Waals surface area contributed by atoms with E-state index in [1.54, 1.807) is 12.1 Å². The first-order valence-electron chi connectivity index (χ1n) is 9.92. The molecule has 33 heavy (non-hydrogen) atoms. The second kappa shape index (κ2) is 11.3. The van der Waals surface area contributed by atoms with E-state index in [1.807, 2.05) is 68.4 Å². The summed E-state index contributed by atoms with van der Waals surface area (Å²) in [5, 5.41) is 21.6. The second-order valence-electron chi connectivity index (χ2n) is 7.31. The highest BCUT2D eigenvalue weighted by Gasteiger charge is 2.14. The van der Waals surface area contributed by atoms with Gasteiger partial charge in [0.1, 0.15) is 24.0 Å². The number of anilines is 1. The summed E-state index contributed by atoms with van der Waals surface area (Å²) < 4.78 is 7.68. The van der Waals surface area contributed by atoms with Gasteiger partial charge in [0.25, 0.3) is 5.91 Å². The Morgan fingerprint density at radius 1 is 1.06 bits per heavy atom. The van der Waals surface area contributed by atoms with Crippen molar-refractivity contribution in [3.63, 3.8) is 0 Å². The summed E-state index contributed by atoms with van der Waals surface area (Å²) >= 11 is 4.33. The number of amides is 1. The Balaban J connectivity index is 1.80. The molecular formula is C26H19I2N3O2. The lowest BCUT2D eigenvalue weighted by Crippen LogP contribution is -2.14. The molecule has 0 spiro atoms. The van der Waals surface area contributed by atoms with Gasteiger partial charge in [-0.25, -0.2) is 0 Å². The summed E-state index contributed by atoms with van der Waals surface area (Å²) in [6.45, 7) is 4.17. The fourth-order valence-corrected chi connectivity index (χ4v) is 5.29. The van der Waals surface area contributed by atoms with Crippen LogP contribution in [0.25, 0.3) is 6.08 Å². The van der Waals surface area contributed by atoms with Crippen LogP contribution >= 0.6 is 45.2 Å². The molecule has 0 aromatic heterocycles. The van der Waals surface area contributed by atoms with Crippen molar-refractivity contribution >= 4 is 62.9 Å². The van der Waals surface area contributed by atoms with E-state index in [2.05, 4.69) is 56.6 Å². The normalized spacial score (nSPS) is 10.8. The van der Waals surface area contributed by atoms with Crippen LogP contribution in [-0.4, -0.2) is 5.91 Å². The lowest BCUT2D eigenvalue weighted by Gasteiger charge is -2.12. The second-order valence-corrected chi connectivity index (χ2v) is 9.64. The van der Waals surface area contributed by atoms with Crippen molar-refractivity contribution in [1.29, 1.82) is 10.5 Å². The Labute approximate surface area is 220 Å². The lowest BCUT2D eigenvalue weighted by molar-refractivity contribution is -0.112. The maximum Gasteiger partial charge on any atom is 0.266 e. The van der Waals surface area contributed by atoms with Gasteiger partial charge in [0.05, 0.1) is 18.8 Å². The number of carbonyl (C=O) groups excluding carboxylic acids is 1. The van der Waals surface area contributed by atoms with Crippen LogP contribution in [0.5, 0.6) is 5.75 Å². The van der Waals surface area contributed by atoms with Crippen LogP contribution in [-0.2, 0) is 11.4 Å². The Hall–Kier alpha value is -2.89. The number of benzene rings is 3. The molecule has 0 aliphatic rings. The van der Waals surface area contributed by atoms with E-state index >= 15 is 0 Å². The van der Waals surface area contributed by atoms with Gasteiger partial charge in [-0.15, -0.1) is 0 Å². The zero-order valence-electron chi connectivity index (χ0n) is 17.9. The molecule has 1 N–H and O–H groups in total. The Kier molecular flexibility index (Phi) is 8.48. The number of nitriles is 2. The van der Waals surface area contributed by atoms with Gasteiger partial charge in [-0.2, -0.15) is 10.5 Å². The van der Waals surface area contributed by atoms with Crippen LogP contribution in [0.4, 0.5) is 5.69 Å². The van der Waals surface area contributed by atoms with E-state index < -0.39 is 5.91 Å². The number of carbonyl (C=O) groups is 1. The Morgan fingerprint density at radius 2 is 1.76 bits per heavy atom. The molecule has 3 aromatic carbocycles. The highest BCUT2D eigenvalue weighted by molar-refractivity contribution is 14.1. The summed E-state index contributed by atoms with van der Waals surface area (Å²) in [4.78, 5) is 12.7. The zero-order chi connectivity index (χ0) is 24.0. The highest BCUT2D eigenvalue weighted by atomic mass is 127. The topological polar surface area (TPSA) is 85.9 Å². The molecule has 5 nitrogen and oxygen atoms in total. The summed E-state index contributed by atoms with van der Waals surface area (Å²) in [5.74, 6) is 0.238. The Bertz CT molecular complexity index is 1310. The summed E-state index contributed by atoms with van der Waals surface area (Å²) in [6.07, 6.45) is 1.57. The molecule has 0 saturated carbocycles. The van der Waals surface area contributed by atoms with Crippen molar-refractivity contribution in [2.45, 2.75) is 20.5 Å². The third-order valence-corrected chi connectivity index (χ3v) is 6.44. The van der Waals surface area contributed by atoms with E-state index in [4.69, 9.17) is 4.74 Å². The van der Waals surface area contributed by atoms with Gasteiger partial charge in [0, 0.05) is 11.3 Å². The molecule has 164 valence electrons. The molecule has 0 aliphatic heterocycles. The zero-order valence-corrected chi connectivity index (χ0v) is 22.3. The summed E-state index contributed by atoms with van der Waals surface area (Å²) in [7, 11) is 0. The number of hydrogen-bond acceptors (Lipinski definition) is 4. The number of ether oxygens (including phenoxy) is 1. The minimum Gasteiger partial charge on any atom is -0.487 e. The maximum atomic E-state index is 12.7. The lowest BCUT2D eigenvalue weighted by atomic mass is 10.1. The smallest absolute Gasteiger partial charge is 0.266 e. The van der Waals surface area contributed by atoms with E-state index in [0.29, 0.717) is 17.0 Å². The van der Waals surface area contributed by atoms with Gasteiger partial charge in [-0.3, -0.25) is 4.79 Å². The van der Waals surface area contributed by atoms with Gasteiger partial charge in [0.2, 0.25) is 0 Å². The number of rotatable bonds is 6. The molecule has 0 unspecified atom stereocenters. The van der Waals surface area contributed by atoms with Crippen molar-refractivity contribution in [2.75, 3.05) is 5.32 Å². The number of halogens is 2. The molecule has 0 heterocycles. The molecule has 0 radical (unpaired) electrons. The van der Waals surface area contributed by atoms with Crippen LogP contribution < -0.4 is 10.1 Å². The average Bonchev–Trinajstić information content (AvgIpc) is 2.79. The quantitative estimate of drug-likeness (QED) is 0.186. The minimum absolute atomic E-state index is 0.0122. The van der Waals surface area contributed by atoms with Gasteiger partial charge in [-0.05, 0) is 100 Å². The molecule has 1 amide bonds. The molecule has 0 bridgehead atoms. The fraction of sp³-hybridized carbons (Fsp3) is 0.115. The number of aryl methyl sites for hydroxylation is 2. The van der Waals surface area contributed by atoms with Crippen LogP contribution in [0.1, 0.15) is 27.8 Å². The van der Waals surface area contributed by atoms with Crippen LogP contribution in [0, 0.1) is 43.7 Å². The van der Waals surface area contributed by atoms with Gasteiger partial charge >= 0.3 is 0 Å². The monoisotopic (exact) mass is 659 g/mol. The van der Waals surface area contributed by atoms with Crippen molar-refractivity contribution in [3.8, 4) is 17.9 Å². The van der Waals surface area contributed by atoms with Crippen LogP contribution in [0.3, 0.4) is 0 Å². The molecule has 0 atom stereocenters. The molecular weight excluding hydrogens is 640 g/mol. The predicted molar refractivity (Wildman–Crippen MR) is 146 cm³/mol. The van der Waals surface area contributed by atoms with Crippen molar-refractivity contribution in [2.24, 2.45) is 0 Å². The molecule has 7 heteroatoms. The predicted octanol–water partition coefficient (Wildman–Crippen LogP) is 6.51. The molecule has 0 aliphatic carbocycles. The highest BCUT2D eigenvalue weighted by Crippen LogP contribution is 2.31. The van der Waals surface area contributed by atoms with Crippen LogP contribution in [0.2, 0.25) is 0 Å². The van der Waals surface area contributed by atoms with E-state index in [-0.39, 0.29) is 12.2 Å². The molecule has 0 fully saturated rings. The van der Waals surface area contributed by atoms with Crippen LogP contribution in [0.15, 0.2) is 60.2 Å². The largest absolute Gasteiger partial charge is 0.487 e. The number of hydrogen-bond donors (Lipinski definition) is 1. The van der Waals surface area contributed by atoms with Crippen molar-refractivity contribution < 1.29 is 9.53 Å². The van der Waals surface area contributed by atoms with E-state index in [9.17, 15) is 15.3 Å². The minimum atomic E-state index is -0.456. The molecule has 0 saturated heterocycles. The van der Waals surface area contributed by atoms with E-state index in [1.165, 1.54) is 0 Å². The average molecular weight is 659 g/mol. The first-order valence-corrected chi connectivity index (χ1v) is 12.1. The maximum absolute atomic E-state index is 12.7. The fourth-order valence-electron chi connectivity index (χ4n) is 3.16. The first-order chi connectivity index (χ1) is 15.8. The Morgan fingerprint density at radius 3 is 2.39 bits per heavy atom. The number of nitrogens with one attached hydrogen (secondary N) is 1. The SMILES string of the molecule is Cc1ccc(NC(=O)/C(C#N)=C/c2cc(I)c(OCc3ccccc3C#N)c(I)c2)c(C)c1. The molecule has 3 rings (SSSR count). The van der Waals surface area contributed by atoms with E-state index in [0.717, 1.165) is 29.4 Å². The van der Waals surface area contributed by atoms with Gasteiger partial charge in [0.15, 0.2) is 0 Å². The van der Waals surface area contributed by atoms with Crippen molar-refractivity contribution in [1.82, 2.24) is 0 Å².